The van der Waals surface area contributed by atoms with E-state index >= 15 is 0 Å². The highest BCUT2D eigenvalue weighted by Gasteiger charge is 2.26. The van der Waals surface area contributed by atoms with Gasteiger partial charge in [0, 0.05) is 20.0 Å². The van der Waals surface area contributed by atoms with Gasteiger partial charge in [0.2, 0.25) is 5.76 Å². The van der Waals surface area contributed by atoms with Crippen LogP contribution >= 0.6 is 0 Å². The van der Waals surface area contributed by atoms with Gasteiger partial charge in [0.05, 0.1) is 17.1 Å². The number of amides is 1. The molecular weight excluding hydrogens is 254 g/mol. The van der Waals surface area contributed by atoms with Crippen molar-refractivity contribution < 1.29 is 9.21 Å². The highest BCUT2D eigenvalue weighted by Crippen LogP contribution is 2.29. The Balaban J connectivity index is 2.01. The van der Waals surface area contributed by atoms with Gasteiger partial charge in [-0.2, -0.15) is 0 Å². The summed E-state index contributed by atoms with van der Waals surface area (Å²) < 4.78 is 5.46. The minimum Gasteiger partial charge on any atom is -0.436 e. The average molecular weight is 271 g/mol. The molecule has 3 rings (SSSR count). The maximum Gasteiger partial charge on any atom is 0.296 e. The van der Waals surface area contributed by atoms with E-state index in [1.807, 2.05) is 24.3 Å². The third kappa shape index (κ3) is 2.15. The zero-order chi connectivity index (χ0) is 14.1. The fourth-order valence-electron chi connectivity index (χ4n) is 2.50. The van der Waals surface area contributed by atoms with Gasteiger partial charge in [0.25, 0.3) is 5.91 Å². The SMILES string of the molecule is Cc1nc(C)c(C(=O)N2CCCNc3ccccc32)o1. The molecule has 1 aromatic carbocycles. The Hall–Kier alpha value is -2.30. The Morgan fingerprint density at radius 3 is 2.90 bits per heavy atom. The van der Waals surface area contributed by atoms with E-state index in [2.05, 4.69) is 10.3 Å². The molecule has 0 radical (unpaired) electrons. The molecule has 1 aliphatic rings. The molecule has 1 N–H and O–H groups in total. The van der Waals surface area contributed by atoms with Crippen LogP contribution in [0.3, 0.4) is 0 Å². The molecule has 1 aliphatic heterocycles. The molecule has 0 spiro atoms. The number of aryl methyl sites for hydroxylation is 2. The van der Waals surface area contributed by atoms with Crippen molar-refractivity contribution in [3.8, 4) is 0 Å². The first kappa shape index (κ1) is 12.7. The molecule has 0 aliphatic carbocycles. The zero-order valence-corrected chi connectivity index (χ0v) is 11.6. The Bertz CT molecular complexity index is 648. The summed E-state index contributed by atoms with van der Waals surface area (Å²) in [6.45, 7) is 5.07. The van der Waals surface area contributed by atoms with Crippen molar-refractivity contribution >= 4 is 17.3 Å². The van der Waals surface area contributed by atoms with E-state index in [0.29, 0.717) is 23.9 Å². The van der Waals surface area contributed by atoms with Crippen molar-refractivity contribution in [2.24, 2.45) is 0 Å². The number of carbonyl (C=O) groups excluding carboxylic acids is 1. The average Bonchev–Trinajstić information content (AvgIpc) is 2.66. The number of para-hydroxylation sites is 2. The highest BCUT2D eigenvalue weighted by molar-refractivity contribution is 6.06. The van der Waals surface area contributed by atoms with Crippen LogP contribution < -0.4 is 10.2 Å². The number of anilines is 2. The molecular formula is C15H17N3O2. The summed E-state index contributed by atoms with van der Waals surface area (Å²) in [4.78, 5) is 18.7. The quantitative estimate of drug-likeness (QED) is 0.866. The number of nitrogens with one attached hydrogen (secondary N) is 1. The number of benzene rings is 1. The standard InChI is InChI=1S/C15H17N3O2/c1-10-14(20-11(2)17-10)15(19)18-9-5-8-16-12-6-3-4-7-13(12)18/h3-4,6-7,16H,5,8-9H2,1-2H3. The maximum atomic E-state index is 12.7. The van der Waals surface area contributed by atoms with E-state index in [9.17, 15) is 4.79 Å². The first-order valence-electron chi connectivity index (χ1n) is 6.75. The third-order valence-corrected chi connectivity index (χ3v) is 3.41. The van der Waals surface area contributed by atoms with E-state index in [4.69, 9.17) is 4.42 Å². The Kier molecular flexibility index (Phi) is 3.18. The molecule has 1 aromatic heterocycles. The summed E-state index contributed by atoms with van der Waals surface area (Å²) in [6, 6.07) is 7.83. The van der Waals surface area contributed by atoms with Gasteiger partial charge < -0.3 is 14.6 Å². The molecule has 0 saturated heterocycles. The first-order valence-corrected chi connectivity index (χ1v) is 6.75. The summed E-state index contributed by atoms with van der Waals surface area (Å²) in [5.41, 5.74) is 2.51. The fourth-order valence-corrected chi connectivity index (χ4v) is 2.50. The van der Waals surface area contributed by atoms with Crippen molar-refractivity contribution in [2.75, 3.05) is 23.3 Å². The molecule has 0 atom stereocenters. The van der Waals surface area contributed by atoms with Crippen molar-refractivity contribution in [1.29, 1.82) is 0 Å². The van der Waals surface area contributed by atoms with Crippen molar-refractivity contribution in [3.63, 3.8) is 0 Å². The van der Waals surface area contributed by atoms with Crippen LogP contribution in [0.4, 0.5) is 11.4 Å². The summed E-state index contributed by atoms with van der Waals surface area (Å²) in [5, 5.41) is 3.34. The molecule has 2 heterocycles. The second-order valence-electron chi connectivity index (χ2n) is 4.90. The minimum atomic E-state index is -0.126. The smallest absolute Gasteiger partial charge is 0.296 e. The lowest BCUT2D eigenvalue weighted by Crippen LogP contribution is -2.31. The minimum absolute atomic E-state index is 0.126. The monoisotopic (exact) mass is 271 g/mol. The predicted molar refractivity (Wildman–Crippen MR) is 77.2 cm³/mol. The van der Waals surface area contributed by atoms with Crippen molar-refractivity contribution in [1.82, 2.24) is 4.98 Å². The second kappa shape index (κ2) is 5.00. The number of oxazole rings is 1. The number of fused-ring (bicyclic) bond motifs is 1. The number of rotatable bonds is 1. The van der Waals surface area contributed by atoms with Crippen LogP contribution in [0.15, 0.2) is 28.7 Å². The van der Waals surface area contributed by atoms with Gasteiger partial charge in [0.1, 0.15) is 0 Å². The molecule has 5 heteroatoms. The van der Waals surface area contributed by atoms with Gasteiger partial charge in [0.15, 0.2) is 5.89 Å². The zero-order valence-electron chi connectivity index (χ0n) is 11.6. The topological polar surface area (TPSA) is 58.4 Å². The van der Waals surface area contributed by atoms with Gasteiger partial charge >= 0.3 is 0 Å². The molecule has 0 unspecified atom stereocenters. The van der Waals surface area contributed by atoms with E-state index in [0.717, 1.165) is 24.3 Å². The van der Waals surface area contributed by atoms with E-state index in [1.54, 1.807) is 18.7 Å². The summed E-state index contributed by atoms with van der Waals surface area (Å²) in [7, 11) is 0. The third-order valence-electron chi connectivity index (χ3n) is 3.41. The van der Waals surface area contributed by atoms with Gasteiger partial charge in [-0.15, -0.1) is 0 Å². The molecule has 5 nitrogen and oxygen atoms in total. The molecule has 104 valence electrons. The Morgan fingerprint density at radius 1 is 1.35 bits per heavy atom. The summed E-state index contributed by atoms with van der Waals surface area (Å²) in [5.74, 6) is 0.727. The van der Waals surface area contributed by atoms with Gasteiger partial charge in [-0.25, -0.2) is 4.98 Å². The van der Waals surface area contributed by atoms with Gasteiger partial charge in [-0.3, -0.25) is 4.79 Å². The molecule has 0 bridgehead atoms. The molecule has 2 aromatic rings. The highest BCUT2D eigenvalue weighted by atomic mass is 16.4. The normalized spacial score (nSPS) is 14.4. The predicted octanol–water partition coefficient (Wildman–Crippen LogP) is 2.75. The molecule has 20 heavy (non-hydrogen) atoms. The van der Waals surface area contributed by atoms with E-state index < -0.39 is 0 Å². The number of hydrogen-bond acceptors (Lipinski definition) is 4. The molecule has 0 fully saturated rings. The van der Waals surface area contributed by atoms with Crippen LogP contribution in [0, 0.1) is 13.8 Å². The lowest BCUT2D eigenvalue weighted by atomic mass is 10.2. The van der Waals surface area contributed by atoms with Crippen molar-refractivity contribution in [2.45, 2.75) is 20.3 Å². The van der Waals surface area contributed by atoms with Crippen LogP contribution in [0.5, 0.6) is 0 Å². The Labute approximate surface area is 117 Å². The largest absolute Gasteiger partial charge is 0.436 e. The van der Waals surface area contributed by atoms with Crippen LogP contribution in [-0.4, -0.2) is 24.0 Å². The Morgan fingerprint density at radius 2 is 2.15 bits per heavy atom. The summed E-state index contributed by atoms with van der Waals surface area (Å²) in [6.07, 6.45) is 0.895. The van der Waals surface area contributed by atoms with Crippen LogP contribution in [0.2, 0.25) is 0 Å². The van der Waals surface area contributed by atoms with Crippen LogP contribution in [-0.2, 0) is 0 Å². The molecule has 0 saturated carbocycles. The molecule has 1 amide bonds. The fraction of sp³-hybridized carbons (Fsp3) is 0.333. The maximum absolute atomic E-state index is 12.7. The number of carbonyl (C=O) groups is 1. The lowest BCUT2D eigenvalue weighted by Gasteiger charge is -2.21. The van der Waals surface area contributed by atoms with Crippen LogP contribution in [0.1, 0.15) is 28.6 Å². The van der Waals surface area contributed by atoms with Crippen molar-refractivity contribution in [3.05, 3.63) is 41.6 Å². The number of nitrogens with zero attached hydrogens (tertiary/aromatic N) is 2. The van der Waals surface area contributed by atoms with Gasteiger partial charge in [-0.05, 0) is 25.5 Å². The van der Waals surface area contributed by atoms with Crippen LogP contribution in [0.25, 0.3) is 0 Å². The second-order valence-corrected chi connectivity index (χ2v) is 4.90. The number of aromatic nitrogens is 1. The number of hydrogen-bond donors (Lipinski definition) is 1. The van der Waals surface area contributed by atoms with E-state index in [1.165, 1.54) is 0 Å². The van der Waals surface area contributed by atoms with E-state index in [-0.39, 0.29) is 5.91 Å². The lowest BCUT2D eigenvalue weighted by molar-refractivity contribution is 0.0958. The summed E-state index contributed by atoms with van der Waals surface area (Å²) >= 11 is 0. The van der Waals surface area contributed by atoms with Gasteiger partial charge in [-0.1, -0.05) is 12.1 Å². The first-order chi connectivity index (χ1) is 9.66.